The Labute approximate surface area is 174 Å². The van der Waals surface area contributed by atoms with Crippen molar-refractivity contribution in [1.82, 2.24) is 15.0 Å². The first-order valence-corrected chi connectivity index (χ1v) is 10.2. The third-order valence-electron chi connectivity index (χ3n) is 5.62. The maximum Gasteiger partial charge on any atom is 0.276 e. The van der Waals surface area contributed by atoms with Gasteiger partial charge in [-0.05, 0) is 25.0 Å². The van der Waals surface area contributed by atoms with Gasteiger partial charge in [-0.15, -0.1) is 0 Å². The summed E-state index contributed by atoms with van der Waals surface area (Å²) in [4.78, 5) is 16.8. The number of nitrogens with zero attached hydrogens (tertiary/aromatic N) is 3. The molecule has 0 radical (unpaired) electrons. The molecule has 2 aliphatic heterocycles. The van der Waals surface area contributed by atoms with E-state index in [2.05, 4.69) is 10.1 Å². The van der Waals surface area contributed by atoms with Gasteiger partial charge in [0.2, 0.25) is 0 Å². The molecular weight excluding hydrogens is 393 g/mol. The van der Waals surface area contributed by atoms with E-state index >= 15 is 0 Å². The van der Waals surface area contributed by atoms with Gasteiger partial charge in [0.25, 0.3) is 5.91 Å². The molecule has 30 heavy (non-hydrogen) atoms. The first-order chi connectivity index (χ1) is 14.6. The third-order valence-corrected chi connectivity index (χ3v) is 5.62. The Kier molecular flexibility index (Phi) is 6.61. The van der Waals surface area contributed by atoms with Crippen LogP contribution in [0, 0.1) is 5.82 Å². The molecule has 3 heterocycles. The van der Waals surface area contributed by atoms with Crippen LogP contribution in [0.25, 0.3) is 0 Å². The van der Waals surface area contributed by atoms with Crippen LogP contribution in [-0.4, -0.2) is 77.5 Å². The van der Waals surface area contributed by atoms with Crippen LogP contribution in [0.1, 0.15) is 29.1 Å². The zero-order chi connectivity index (χ0) is 20.9. The molecule has 8 nitrogen and oxygen atoms in total. The Morgan fingerprint density at radius 1 is 1.20 bits per heavy atom. The van der Waals surface area contributed by atoms with Gasteiger partial charge in [0.15, 0.2) is 23.0 Å². The number of aliphatic hydroxyl groups excluding tert-OH is 1. The number of halogens is 1. The normalized spacial score (nSPS) is 23.2. The van der Waals surface area contributed by atoms with Gasteiger partial charge < -0.3 is 24.0 Å². The summed E-state index contributed by atoms with van der Waals surface area (Å²) < 4.78 is 29.6. The standard InChI is InChI=1S/C21H26FN3O5/c22-16-3-1-2-4-20(16)29-14-15-13-17(23-30-15)21(27)25-7-5-18(19(26)6-8-25)24-9-11-28-12-10-24/h1-4,13,18-19,26H,5-12,14H2/t18-,19-/m0/s1. The maximum atomic E-state index is 13.6. The molecular formula is C21H26FN3O5. The van der Waals surface area contributed by atoms with Crippen molar-refractivity contribution in [2.75, 3.05) is 39.4 Å². The highest BCUT2D eigenvalue weighted by Crippen LogP contribution is 2.21. The van der Waals surface area contributed by atoms with Crippen molar-refractivity contribution in [2.24, 2.45) is 0 Å². The summed E-state index contributed by atoms with van der Waals surface area (Å²) in [6, 6.07) is 7.62. The molecule has 2 saturated heterocycles. The number of hydrogen-bond donors (Lipinski definition) is 1. The lowest BCUT2D eigenvalue weighted by atomic mass is 10.0. The fraction of sp³-hybridized carbons (Fsp3) is 0.524. The minimum atomic E-state index is -0.483. The molecule has 2 aromatic rings. The van der Waals surface area contributed by atoms with Crippen LogP contribution in [0.5, 0.6) is 5.75 Å². The van der Waals surface area contributed by atoms with E-state index in [1.807, 2.05) is 0 Å². The molecule has 9 heteroatoms. The van der Waals surface area contributed by atoms with Crippen molar-refractivity contribution in [3.63, 3.8) is 0 Å². The molecule has 2 fully saturated rings. The highest BCUT2D eigenvalue weighted by atomic mass is 19.1. The number of hydrogen-bond acceptors (Lipinski definition) is 7. The Morgan fingerprint density at radius 2 is 1.97 bits per heavy atom. The molecule has 1 aromatic heterocycles. The van der Waals surface area contributed by atoms with E-state index < -0.39 is 11.9 Å². The van der Waals surface area contributed by atoms with Crippen molar-refractivity contribution in [2.45, 2.75) is 31.6 Å². The summed E-state index contributed by atoms with van der Waals surface area (Å²) in [5, 5.41) is 14.4. The molecule has 1 aromatic carbocycles. The van der Waals surface area contributed by atoms with Crippen LogP contribution in [0.3, 0.4) is 0 Å². The molecule has 2 atom stereocenters. The van der Waals surface area contributed by atoms with Crippen molar-refractivity contribution < 1.29 is 28.3 Å². The SMILES string of the molecule is O=C(c1cc(COc2ccccc2F)on1)N1CC[C@H](O)[C@@H](N2CCOCC2)CC1. The number of amides is 1. The molecule has 1 N–H and O–H groups in total. The number of carbonyl (C=O) groups is 1. The third kappa shape index (κ3) is 4.80. The molecule has 0 unspecified atom stereocenters. The zero-order valence-corrected chi connectivity index (χ0v) is 16.7. The van der Waals surface area contributed by atoms with Crippen LogP contribution in [0.2, 0.25) is 0 Å². The van der Waals surface area contributed by atoms with E-state index in [0.717, 1.165) is 13.1 Å². The van der Waals surface area contributed by atoms with Gasteiger partial charge in [0.05, 0.1) is 19.3 Å². The molecule has 1 amide bonds. The van der Waals surface area contributed by atoms with E-state index in [1.54, 1.807) is 17.0 Å². The lowest BCUT2D eigenvalue weighted by Crippen LogP contribution is -2.49. The second kappa shape index (κ2) is 9.55. The summed E-state index contributed by atoms with van der Waals surface area (Å²) in [6.07, 6.45) is 0.714. The van der Waals surface area contributed by atoms with E-state index in [9.17, 15) is 14.3 Å². The Morgan fingerprint density at radius 3 is 2.77 bits per heavy atom. The van der Waals surface area contributed by atoms with E-state index in [4.69, 9.17) is 14.0 Å². The summed E-state index contributed by atoms with van der Waals surface area (Å²) in [5.41, 5.74) is 0.182. The highest BCUT2D eigenvalue weighted by Gasteiger charge is 2.32. The molecule has 2 aliphatic rings. The zero-order valence-electron chi connectivity index (χ0n) is 16.7. The number of likely N-dealkylation sites (tertiary alicyclic amines) is 1. The first kappa shape index (κ1) is 20.8. The average molecular weight is 419 g/mol. The minimum Gasteiger partial charge on any atom is -0.482 e. The number of morpholine rings is 1. The molecule has 0 spiro atoms. The number of benzene rings is 1. The van der Waals surface area contributed by atoms with Crippen LogP contribution in [0.4, 0.5) is 4.39 Å². The quantitative estimate of drug-likeness (QED) is 0.789. The lowest BCUT2D eigenvalue weighted by molar-refractivity contribution is -0.0222. The Balaban J connectivity index is 1.34. The van der Waals surface area contributed by atoms with Gasteiger partial charge in [0.1, 0.15) is 6.61 Å². The van der Waals surface area contributed by atoms with Crippen LogP contribution < -0.4 is 4.74 Å². The van der Waals surface area contributed by atoms with Gasteiger partial charge in [0, 0.05) is 38.3 Å². The van der Waals surface area contributed by atoms with E-state index in [1.165, 1.54) is 18.2 Å². The largest absolute Gasteiger partial charge is 0.482 e. The van der Waals surface area contributed by atoms with E-state index in [0.29, 0.717) is 44.9 Å². The second-order valence-corrected chi connectivity index (χ2v) is 7.55. The lowest BCUT2D eigenvalue weighted by Gasteiger charge is -2.36. The Hall–Kier alpha value is -2.49. The minimum absolute atomic E-state index is 0.0220. The molecule has 0 bridgehead atoms. The number of carbonyl (C=O) groups excluding carboxylic acids is 1. The summed E-state index contributed by atoms with van der Waals surface area (Å²) in [6.45, 7) is 3.89. The number of aromatic nitrogens is 1. The smallest absolute Gasteiger partial charge is 0.276 e. The fourth-order valence-electron chi connectivity index (χ4n) is 3.97. The number of para-hydroxylation sites is 1. The van der Waals surface area contributed by atoms with Gasteiger partial charge in [-0.1, -0.05) is 17.3 Å². The fourth-order valence-corrected chi connectivity index (χ4v) is 3.97. The summed E-state index contributed by atoms with van der Waals surface area (Å²) >= 11 is 0. The van der Waals surface area contributed by atoms with Gasteiger partial charge in [-0.2, -0.15) is 0 Å². The molecule has 162 valence electrons. The summed E-state index contributed by atoms with van der Waals surface area (Å²) in [7, 11) is 0. The first-order valence-electron chi connectivity index (χ1n) is 10.2. The molecule has 0 saturated carbocycles. The predicted molar refractivity (Wildman–Crippen MR) is 105 cm³/mol. The molecule has 4 rings (SSSR count). The van der Waals surface area contributed by atoms with Crippen molar-refractivity contribution in [3.8, 4) is 5.75 Å². The van der Waals surface area contributed by atoms with Gasteiger partial charge in [-0.3, -0.25) is 9.69 Å². The Bertz CT molecular complexity index is 855. The van der Waals surface area contributed by atoms with Crippen molar-refractivity contribution in [1.29, 1.82) is 0 Å². The highest BCUT2D eigenvalue weighted by molar-refractivity contribution is 5.92. The van der Waals surface area contributed by atoms with E-state index in [-0.39, 0.29) is 30.0 Å². The topological polar surface area (TPSA) is 88.3 Å². The monoisotopic (exact) mass is 419 g/mol. The number of ether oxygens (including phenoxy) is 2. The number of aliphatic hydroxyl groups is 1. The maximum absolute atomic E-state index is 13.6. The van der Waals surface area contributed by atoms with Crippen LogP contribution >= 0.6 is 0 Å². The van der Waals surface area contributed by atoms with Crippen LogP contribution in [-0.2, 0) is 11.3 Å². The summed E-state index contributed by atoms with van der Waals surface area (Å²) in [5.74, 6) is -0.267. The van der Waals surface area contributed by atoms with Crippen LogP contribution in [0.15, 0.2) is 34.9 Å². The van der Waals surface area contributed by atoms with Gasteiger partial charge >= 0.3 is 0 Å². The predicted octanol–water partition coefficient (Wildman–Crippen LogP) is 1.69. The van der Waals surface area contributed by atoms with Crippen molar-refractivity contribution in [3.05, 3.63) is 47.6 Å². The average Bonchev–Trinajstić information content (AvgIpc) is 3.16. The molecule has 0 aliphatic carbocycles. The van der Waals surface area contributed by atoms with Crippen molar-refractivity contribution >= 4 is 5.91 Å². The van der Waals surface area contributed by atoms with Gasteiger partial charge in [-0.25, -0.2) is 4.39 Å². The second-order valence-electron chi connectivity index (χ2n) is 7.55. The number of rotatable bonds is 5.